The lowest BCUT2D eigenvalue weighted by molar-refractivity contribution is 0.512. The number of fused-ring (bicyclic) bond motifs is 2. The van der Waals surface area contributed by atoms with E-state index in [1.807, 2.05) is 0 Å². The monoisotopic (exact) mass is 495 g/mol. The molecule has 1 N–H and O–H groups in total. The van der Waals surface area contributed by atoms with Crippen molar-refractivity contribution in [3.8, 4) is 23.4 Å². The Morgan fingerprint density at radius 3 is 1.81 bits per heavy atom. The summed E-state index contributed by atoms with van der Waals surface area (Å²) < 4.78 is 10.4. The summed E-state index contributed by atoms with van der Waals surface area (Å²) in [5.41, 5.74) is -1.14. The van der Waals surface area contributed by atoms with Crippen LogP contribution in [0.5, 0.6) is 0 Å². The van der Waals surface area contributed by atoms with Crippen molar-refractivity contribution in [2.24, 2.45) is 0 Å². The molecular weight excluding hydrogens is 492 g/mol. The molecular formula is C18H5Cl4N5O4. The van der Waals surface area contributed by atoms with Gasteiger partial charge in [0, 0.05) is 0 Å². The molecule has 2 aromatic carbocycles. The summed E-state index contributed by atoms with van der Waals surface area (Å²) in [5.74, 6) is -0.573. The summed E-state index contributed by atoms with van der Waals surface area (Å²) >= 11 is 24.3. The second kappa shape index (κ2) is 7.31. The molecule has 0 radical (unpaired) electrons. The second-order valence-corrected chi connectivity index (χ2v) is 7.71. The van der Waals surface area contributed by atoms with Crippen LogP contribution in [0.2, 0.25) is 20.1 Å². The molecule has 0 unspecified atom stereocenters. The SMILES string of the molecule is O=c1oc(-c2n[nH]c(-c3nc4c(Cl)c(Cl)ccc4c(=O)o3)n2)nc2c(Cl)c(Cl)ccc12. The Hall–Kier alpha value is -2.98. The number of nitrogens with one attached hydrogen (secondary N) is 1. The molecule has 0 aliphatic carbocycles. The smallest absolute Gasteiger partial charge is 0.347 e. The zero-order valence-electron chi connectivity index (χ0n) is 14.7. The molecule has 154 valence electrons. The van der Waals surface area contributed by atoms with Crippen LogP contribution < -0.4 is 11.3 Å². The van der Waals surface area contributed by atoms with Crippen LogP contribution in [0.1, 0.15) is 0 Å². The van der Waals surface area contributed by atoms with Crippen LogP contribution >= 0.6 is 46.4 Å². The van der Waals surface area contributed by atoms with Gasteiger partial charge in [0.1, 0.15) is 11.0 Å². The zero-order chi connectivity index (χ0) is 21.9. The molecule has 0 atom stereocenters. The molecule has 3 heterocycles. The Kier molecular flexibility index (Phi) is 4.71. The third-order valence-electron chi connectivity index (χ3n) is 4.26. The molecule has 9 nitrogen and oxygen atoms in total. The fraction of sp³-hybridized carbons (Fsp3) is 0. The van der Waals surface area contributed by atoms with Crippen molar-refractivity contribution in [1.29, 1.82) is 0 Å². The Morgan fingerprint density at radius 2 is 1.23 bits per heavy atom. The normalized spacial score (nSPS) is 11.5. The van der Waals surface area contributed by atoms with Gasteiger partial charge in [-0.3, -0.25) is 5.10 Å². The largest absolute Gasteiger partial charge is 0.400 e. The van der Waals surface area contributed by atoms with Gasteiger partial charge in [-0.15, -0.1) is 5.10 Å². The van der Waals surface area contributed by atoms with Crippen LogP contribution in [-0.4, -0.2) is 25.1 Å². The number of aromatic amines is 1. The van der Waals surface area contributed by atoms with Crippen LogP contribution in [0.4, 0.5) is 0 Å². The van der Waals surface area contributed by atoms with E-state index in [1.165, 1.54) is 24.3 Å². The molecule has 0 aliphatic rings. The van der Waals surface area contributed by atoms with E-state index in [0.29, 0.717) is 0 Å². The van der Waals surface area contributed by atoms with Gasteiger partial charge in [-0.25, -0.2) is 19.6 Å². The first kappa shape index (κ1) is 20.0. The molecule has 5 rings (SSSR count). The molecule has 0 aliphatic heterocycles. The van der Waals surface area contributed by atoms with Gasteiger partial charge in [0.15, 0.2) is 0 Å². The molecule has 0 saturated carbocycles. The number of hydrogen-bond acceptors (Lipinski definition) is 8. The minimum atomic E-state index is -0.707. The van der Waals surface area contributed by atoms with Gasteiger partial charge in [-0.2, -0.15) is 4.98 Å². The predicted octanol–water partition coefficient (Wildman–Crippen LogP) is 4.76. The summed E-state index contributed by atoms with van der Waals surface area (Å²) in [6.07, 6.45) is 0. The zero-order valence-corrected chi connectivity index (χ0v) is 17.8. The lowest BCUT2D eigenvalue weighted by Gasteiger charge is -2.02. The maximum absolute atomic E-state index is 12.3. The standard InChI is InChI=1S/C18H5Cl4N5O4/c19-7-3-1-5-11(9(7)21)23-15(30-17(5)28)13-25-14(27-26-13)16-24-12-6(18(29)31-16)2-4-8(20)10(12)22/h1-4H,(H,25,26,27). The van der Waals surface area contributed by atoms with Gasteiger partial charge >= 0.3 is 11.3 Å². The maximum Gasteiger partial charge on any atom is 0.347 e. The van der Waals surface area contributed by atoms with Crippen molar-refractivity contribution >= 4 is 68.2 Å². The highest BCUT2D eigenvalue weighted by Gasteiger charge is 2.20. The van der Waals surface area contributed by atoms with E-state index in [1.54, 1.807) is 0 Å². The molecule has 0 bridgehead atoms. The van der Waals surface area contributed by atoms with E-state index in [0.717, 1.165) is 0 Å². The molecule has 5 aromatic rings. The Balaban J connectivity index is 1.66. The van der Waals surface area contributed by atoms with Crippen molar-refractivity contribution in [1.82, 2.24) is 25.1 Å². The number of H-pyrrole nitrogens is 1. The molecule has 31 heavy (non-hydrogen) atoms. The van der Waals surface area contributed by atoms with Crippen LogP contribution in [0, 0.1) is 0 Å². The second-order valence-electron chi connectivity index (χ2n) is 6.14. The van der Waals surface area contributed by atoms with Gasteiger partial charge in [0.25, 0.3) is 11.8 Å². The highest BCUT2D eigenvalue weighted by atomic mass is 35.5. The first-order chi connectivity index (χ1) is 14.8. The van der Waals surface area contributed by atoms with E-state index in [9.17, 15) is 9.59 Å². The first-order valence-corrected chi connectivity index (χ1v) is 9.85. The van der Waals surface area contributed by atoms with Gasteiger partial charge in [0.2, 0.25) is 11.6 Å². The lowest BCUT2D eigenvalue weighted by atomic mass is 10.2. The topological polar surface area (TPSA) is 128 Å². The Bertz CT molecular complexity index is 1520. The third-order valence-corrected chi connectivity index (χ3v) is 5.85. The fourth-order valence-corrected chi connectivity index (χ4v) is 3.53. The summed E-state index contributed by atoms with van der Waals surface area (Å²) in [6.45, 7) is 0. The minimum Gasteiger partial charge on any atom is -0.400 e. The predicted molar refractivity (Wildman–Crippen MR) is 115 cm³/mol. The molecule has 3 aromatic heterocycles. The van der Waals surface area contributed by atoms with Gasteiger partial charge in [-0.05, 0) is 24.3 Å². The van der Waals surface area contributed by atoms with Crippen molar-refractivity contribution in [2.45, 2.75) is 0 Å². The van der Waals surface area contributed by atoms with Crippen LogP contribution in [0.25, 0.3) is 45.2 Å². The highest BCUT2D eigenvalue weighted by Crippen LogP contribution is 2.31. The summed E-state index contributed by atoms with van der Waals surface area (Å²) in [4.78, 5) is 37.1. The summed E-state index contributed by atoms with van der Waals surface area (Å²) in [5, 5.41) is 7.37. The average molecular weight is 497 g/mol. The van der Waals surface area contributed by atoms with E-state index in [4.69, 9.17) is 55.2 Å². The van der Waals surface area contributed by atoms with E-state index in [2.05, 4.69) is 25.1 Å². The molecule has 0 amide bonds. The summed E-state index contributed by atoms with van der Waals surface area (Å²) in [6, 6.07) is 5.81. The van der Waals surface area contributed by atoms with Crippen LogP contribution in [0.15, 0.2) is 42.7 Å². The van der Waals surface area contributed by atoms with Crippen molar-refractivity contribution in [2.75, 3.05) is 0 Å². The number of nitrogens with zero attached hydrogens (tertiary/aromatic N) is 4. The van der Waals surface area contributed by atoms with Crippen LogP contribution in [-0.2, 0) is 0 Å². The Labute approximate surface area is 190 Å². The third kappa shape index (κ3) is 3.26. The molecule has 0 spiro atoms. The van der Waals surface area contributed by atoms with E-state index in [-0.39, 0.29) is 65.3 Å². The average Bonchev–Trinajstić information content (AvgIpc) is 3.24. The number of benzene rings is 2. The lowest BCUT2D eigenvalue weighted by Crippen LogP contribution is -2.04. The molecule has 0 fully saturated rings. The minimum absolute atomic E-state index is 0.0354. The number of halogens is 4. The van der Waals surface area contributed by atoms with Gasteiger partial charge < -0.3 is 8.83 Å². The van der Waals surface area contributed by atoms with E-state index >= 15 is 0 Å². The van der Waals surface area contributed by atoms with Crippen LogP contribution in [0.3, 0.4) is 0 Å². The van der Waals surface area contributed by atoms with Crippen molar-refractivity contribution < 1.29 is 8.83 Å². The molecule has 13 heteroatoms. The van der Waals surface area contributed by atoms with Gasteiger partial charge in [0.05, 0.1) is 30.9 Å². The first-order valence-electron chi connectivity index (χ1n) is 8.34. The Morgan fingerprint density at radius 1 is 0.710 bits per heavy atom. The highest BCUT2D eigenvalue weighted by molar-refractivity contribution is 6.45. The maximum atomic E-state index is 12.3. The number of aromatic nitrogens is 5. The number of rotatable bonds is 2. The van der Waals surface area contributed by atoms with Gasteiger partial charge in [-0.1, -0.05) is 46.4 Å². The molecule has 0 saturated heterocycles. The number of hydrogen-bond donors (Lipinski definition) is 1. The quantitative estimate of drug-likeness (QED) is 0.370. The fourth-order valence-electron chi connectivity index (χ4n) is 2.81. The summed E-state index contributed by atoms with van der Waals surface area (Å²) in [7, 11) is 0. The van der Waals surface area contributed by atoms with Crippen molar-refractivity contribution in [3.63, 3.8) is 0 Å². The van der Waals surface area contributed by atoms with Crippen molar-refractivity contribution in [3.05, 3.63) is 65.2 Å². The van der Waals surface area contributed by atoms with E-state index < -0.39 is 11.3 Å².